The van der Waals surface area contributed by atoms with E-state index in [1.54, 1.807) is 7.11 Å². The van der Waals surface area contributed by atoms with Gasteiger partial charge in [0.05, 0.1) is 16.7 Å². The normalized spacial score (nSPS) is 26.3. The van der Waals surface area contributed by atoms with E-state index in [9.17, 15) is 9.59 Å². The van der Waals surface area contributed by atoms with Gasteiger partial charge < -0.3 is 9.72 Å². The first kappa shape index (κ1) is 15.4. The van der Waals surface area contributed by atoms with Gasteiger partial charge in [0, 0.05) is 23.2 Å². The largest absolute Gasteiger partial charge is 0.376 e. The average molecular weight is 381 g/mol. The predicted molar refractivity (Wildman–Crippen MR) is 92.1 cm³/mol. The maximum Gasteiger partial charge on any atom is 0.329 e. The summed E-state index contributed by atoms with van der Waals surface area (Å²) in [5.41, 5.74) is 1.16. The van der Waals surface area contributed by atoms with Crippen LogP contribution in [0, 0.1) is 0 Å². The smallest absolute Gasteiger partial charge is 0.329 e. The highest BCUT2D eigenvalue weighted by Crippen LogP contribution is 2.63. The van der Waals surface area contributed by atoms with Crippen LogP contribution in [0.2, 0.25) is 0 Å². The van der Waals surface area contributed by atoms with Gasteiger partial charge in [0.2, 0.25) is 0 Å². The van der Waals surface area contributed by atoms with Crippen molar-refractivity contribution in [3.63, 3.8) is 0 Å². The first-order chi connectivity index (χ1) is 10.9. The van der Waals surface area contributed by atoms with Gasteiger partial charge in [-0.1, -0.05) is 22.9 Å². The van der Waals surface area contributed by atoms with Gasteiger partial charge in [0.1, 0.15) is 0 Å². The number of hydrogen-bond acceptors (Lipinski definition) is 3. The Bertz CT molecular complexity index is 840. The van der Waals surface area contributed by atoms with Gasteiger partial charge in [-0.3, -0.25) is 9.36 Å². The summed E-state index contributed by atoms with van der Waals surface area (Å²) in [6, 6.07) is 0. The van der Waals surface area contributed by atoms with Crippen LogP contribution in [0.5, 0.6) is 0 Å². The first-order valence-electron chi connectivity index (χ1n) is 8.24. The van der Waals surface area contributed by atoms with Gasteiger partial charge in [0.25, 0.3) is 5.56 Å². The molecule has 1 N–H and O–H groups in total. The molecule has 2 saturated carbocycles. The van der Waals surface area contributed by atoms with E-state index in [1.807, 2.05) is 6.92 Å². The van der Waals surface area contributed by atoms with Crippen LogP contribution >= 0.6 is 15.9 Å². The fraction of sp³-hybridized carbons (Fsp3) is 0.647. The minimum Gasteiger partial charge on any atom is -0.376 e. The van der Waals surface area contributed by atoms with E-state index in [0.717, 1.165) is 47.9 Å². The highest BCUT2D eigenvalue weighted by molar-refractivity contribution is 9.11. The van der Waals surface area contributed by atoms with Crippen LogP contribution in [0.3, 0.4) is 0 Å². The third-order valence-electron chi connectivity index (χ3n) is 6.02. The zero-order chi connectivity index (χ0) is 16.6. The van der Waals surface area contributed by atoms with Crippen molar-refractivity contribution in [1.29, 1.82) is 0 Å². The molecule has 1 aromatic rings. The van der Waals surface area contributed by atoms with Gasteiger partial charge in [-0.05, 0) is 44.6 Å². The van der Waals surface area contributed by atoms with Crippen LogP contribution in [-0.2, 0) is 10.3 Å². The van der Waals surface area contributed by atoms with Gasteiger partial charge in [0.15, 0.2) is 0 Å². The van der Waals surface area contributed by atoms with Crippen LogP contribution in [0.15, 0.2) is 14.1 Å². The maximum absolute atomic E-state index is 13.2. The minimum absolute atomic E-state index is 0.0764. The number of halogens is 1. The van der Waals surface area contributed by atoms with Crippen molar-refractivity contribution in [1.82, 2.24) is 9.55 Å². The molecule has 1 heterocycles. The zero-order valence-electron chi connectivity index (χ0n) is 13.7. The van der Waals surface area contributed by atoms with Gasteiger partial charge in [-0.15, -0.1) is 0 Å². The second-order valence-electron chi connectivity index (χ2n) is 7.02. The van der Waals surface area contributed by atoms with E-state index >= 15 is 0 Å². The van der Waals surface area contributed by atoms with E-state index in [1.165, 1.54) is 4.57 Å². The van der Waals surface area contributed by atoms with Crippen LogP contribution in [0.25, 0.3) is 5.57 Å². The van der Waals surface area contributed by atoms with Crippen molar-refractivity contribution < 1.29 is 4.74 Å². The fourth-order valence-corrected chi connectivity index (χ4v) is 5.18. The molecule has 0 aromatic carbocycles. The lowest BCUT2D eigenvalue weighted by molar-refractivity contribution is 0.0174. The summed E-state index contributed by atoms with van der Waals surface area (Å²) in [5, 5.41) is 0. The molecule has 0 bridgehead atoms. The molecule has 0 spiro atoms. The van der Waals surface area contributed by atoms with Crippen LogP contribution in [-0.4, -0.2) is 22.3 Å². The molecule has 5 nitrogen and oxygen atoms in total. The number of methoxy groups -OCH3 is 1. The van der Waals surface area contributed by atoms with Crippen LogP contribution < -0.4 is 11.2 Å². The summed E-state index contributed by atoms with van der Waals surface area (Å²) in [6.07, 6.45) is 4.36. The molecule has 2 fully saturated rings. The zero-order valence-corrected chi connectivity index (χ0v) is 15.2. The molecule has 6 heteroatoms. The summed E-state index contributed by atoms with van der Waals surface area (Å²) >= 11 is 3.61. The van der Waals surface area contributed by atoms with E-state index in [2.05, 4.69) is 27.8 Å². The molecule has 3 aliphatic rings. The average Bonchev–Trinajstić information content (AvgIpc) is 3.41. The molecule has 23 heavy (non-hydrogen) atoms. The Kier molecular flexibility index (Phi) is 3.14. The number of rotatable bonds is 4. The Morgan fingerprint density at radius 3 is 2.43 bits per heavy atom. The Morgan fingerprint density at radius 1 is 1.30 bits per heavy atom. The number of ether oxygens (including phenoxy) is 1. The van der Waals surface area contributed by atoms with Crippen LogP contribution in [0.1, 0.15) is 63.1 Å². The summed E-state index contributed by atoms with van der Waals surface area (Å²) in [4.78, 5) is 29.0. The third-order valence-corrected chi connectivity index (χ3v) is 7.17. The Labute approximate surface area is 142 Å². The molecule has 0 aliphatic heterocycles. The number of allylic oxidation sites excluding steroid dienone is 2. The van der Waals surface area contributed by atoms with Crippen molar-refractivity contribution in [2.24, 2.45) is 0 Å². The minimum atomic E-state index is -0.446. The summed E-state index contributed by atoms with van der Waals surface area (Å²) in [7, 11) is 1.69. The molecule has 3 aliphatic carbocycles. The highest BCUT2D eigenvalue weighted by atomic mass is 79.9. The molecule has 0 saturated heterocycles. The number of nitrogens with zero attached hydrogens (tertiary/aromatic N) is 1. The molecule has 1 unspecified atom stereocenters. The molecule has 0 amide bonds. The summed E-state index contributed by atoms with van der Waals surface area (Å²) in [6.45, 7) is 4.01. The molecular weight excluding hydrogens is 360 g/mol. The number of fused-ring (bicyclic) bond motifs is 1. The van der Waals surface area contributed by atoms with Crippen molar-refractivity contribution in [3.8, 4) is 0 Å². The van der Waals surface area contributed by atoms with Crippen molar-refractivity contribution in [2.45, 2.75) is 63.0 Å². The van der Waals surface area contributed by atoms with E-state index in [4.69, 9.17) is 4.74 Å². The monoisotopic (exact) mass is 380 g/mol. The summed E-state index contributed by atoms with van der Waals surface area (Å²) < 4.78 is 8.19. The van der Waals surface area contributed by atoms with Gasteiger partial charge in [-0.25, -0.2) is 4.79 Å². The molecular formula is C17H21BrN2O3. The molecule has 4 rings (SSSR count). The Hall–Kier alpha value is -1.14. The van der Waals surface area contributed by atoms with E-state index in [-0.39, 0.29) is 22.8 Å². The third kappa shape index (κ3) is 1.76. The molecule has 1 atom stereocenters. The predicted octanol–water partition coefficient (Wildman–Crippen LogP) is 2.84. The number of hydrogen-bond donors (Lipinski definition) is 1. The lowest BCUT2D eigenvalue weighted by Crippen LogP contribution is -2.50. The van der Waals surface area contributed by atoms with Crippen molar-refractivity contribution in [3.05, 3.63) is 36.6 Å². The van der Waals surface area contributed by atoms with E-state index < -0.39 is 5.54 Å². The second-order valence-corrected chi connectivity index (χ2v) is 7.88. The Balaban J connectivity index is 1.97. The standard InChI is InChI=1S/C17H21BrN2O3/c1-4-10-12(18)9(2)11-13(10)19-15(22)20(14(11)21)16(5-6-16)17(23-3)7-8-17/h10H,4-8H2,1-3H3,(H,19,22). The second kappa shape index (κ2) is 4.70. The summed E-state index contributed by atoms with van der Waals surface area (Å²) in [5.74, 6) is 0.0764. The van der Waals surface area contributed by atoms with Gasteiger partial charge >= 0.3 is 5.69 Å². The SMILES string of the molecule is CCC1C(Br)=C(C)c2c1[nH]c(=O)n(C1(C3(OC)CC3)CC1)c2=O. The number of aromatic nitrogens is 2. The van der Waals surface area contributed by atoms with E-state index in [0.29, 0.717) is 5.56 Å². The molecule has 0 radical (unpaired) electrons. The van der Waals surface area contributed by atoms with Crippen LogP contribution in [0.4, 0.5) is 0 Å². The Morgan fingerprint density at radius 2 is 1.96 bits per heavy atom. The topological polar surface area (TPSA) is 64.1 Å². The quantitative estimate of drug-likeness (QED) is 0.873. The highest BCUT2D eigenvalue weighted by Gasteiger charge is 2.69. The molecule has 1 aromatic heterocycles. The molecule has 124 valence electrons. The van der Waals surface area contributed by atoms with Crippen molar-refractivity contribution >= 4 is 21.5 Å². The maximum atomic E-state index is 13.2. The van der Waals surface area contributed by atoms with Crippen molar-refractivity contribution in [2.75, 3.05) is 7.11 Å². The lowest BCUT2D eigenvalue weighted by Gasteiger charge is -2.27. The number of nitrogens with one attached hydrogen (secondary N) is 1. The number of H-pyrrole nitrogens is 1. The first-order valence-corrected chi connectivity index (χ1v) is 9.03. The fourth-order valence-electron chi connectivity index (χ4n) is 4.43. The number of aromatic amines is 1. The van der Waals surface area contributed by atoms with Gasteiger partial charge in [-0.2, -0.15) is 0 Å². The lowest BCUT2D eigenvalue weighted by atomic mass is 10.0.